The van der Waals surface area contributed by atoms with Gasteiger partial charge in [0.1, 0.15) is 12.0 Å². The van der Waals surface area contributed by atoms with E-state index in [-0.39, 0.29) is 11.8 Å². The van der Waals surface area contributed by atoms with Crippen molar-refractivity contribution in [1.29, 1.82) is 0 Å². The smallest absolute Gasteiger partial charge is 0.300 e. The Hall–Kier alpha value is -1.86. The lowest BCUT2D eigenvalue weighted by Crippen LogP contribution is -2.20. The van der Waals surface area contributed by atoms with Gasteiger partial charge in [0.2, 0.25) is 5.69 Å². The molecule has 1 aliphatic carbocycles. The van der Waals surface area contributed by atoms with Crippen LogP contribution in [-0.4, -0.2) is 20.5 Å². The van der Waals surface area contributed by atoms with Crippen molar-refractivity contribution in [3.05, 3.63) is 22.0 Å². The highest BCUT2D eigenvalue weighted by Gasteiger charge is 2.30. The quantitative estimate of drug-likeness (QED) is 0.616. The van der Waals surface area contributed by atoms with Gasteiger partial charge in [-0.15, -0.1) is 0 Å². The van der Waals surface area contributed by atoms with Crippen LogP contribution in [0.1, 0.15) is 57.2 Å². The summed E-state index contributed by atoms with van der Waals surface area (Å²) in [4.78, 5) is 21.0. The van der Waals surface area contributed by atoms with Crippen LogP contribution in [0.4, 0.5) is 14.5 Å². The number of Topliss-reactive ketones (excluding diaryl/α,β-unsaturated/α-hetero) is 1. The van der Waals surface area contributed by atoms with E-state index in [1.807, 2.05) is 0 Å². The number of nitro groups is 1. The molecule has 0 radical (unpaired) electrons. The predicted octanol–water partition coefficient (Wildman–Crippen LogP) is 3.44. The zero-order valence-corrected chi connectivity index (χ0v) is 11.7. The molecule has 8 heteroatoms. The van der Waals surface area contributed by atoms with E-state index in [4.69, 9.17) is 0 Å². The highest BCUT2D eigenvalue weighted by molar-refractivity contribution is 5.75. The van der Waals surface area contributed by atoms with E-state index in [1.165, 1.54) is 4.68 Å². The third-order valence-electron chi connectivity index (χ3n) is 3.91. The minimum absolute atomic E-state index is 0.112. The first kappa shape index (κ1) is 15.5. The van der Waals surface area contributed by atoms with Crippen LogP contribution in [0.15, 0.2) is 6.20 Å². The summed E-state index contributed by atoms with van der Waals surface area (Å²) in [7, 11) is 0. The number of halogens is 2. The van der Waals surface area contributed by atoms with E-state index in [2.05, 4.69) is 5.10 Å². The number of ketones is 1. The number of carbonyl (C=O) groups is 1. The molecule has 0 atom stereocenters. The molecule has 0 spiro atoms. The van der Waals surface area contributed by atoms with Crippen molar-refractivity contribution in [2.24, 2.45) is 5.92 Å². The fraction of sp³-hybridized carbons (Fsp3) is 0.692. The van der Waals surface area contributed by atoms with E-state index in [0.29, 0.717) is 25.2 Å². The maximum absolute atomic E-state index is 12.8. The Labute approximate surface area is 120 Å². The molecule has 0 saturated heterocycles. The second kappa shape index (κ2) is 6.28. The lowest BCUT2D eigenvalue weighted by Gasteiger charge is -2.27. The Bertz CT molecular complexity index is 537. The molecule has 0 N–H and O–H groups in total. The summed E-state index contributed by atoms with van der Waals surface area (Å²) < 4.78 is 26.8. The number of alkyl halides is 2. The molecule has 1 saturated carbocycles. The van der Waals surface area contributed by atoms with E-state index in [0.717, 1.165) is 19.0 Å². The third-order valence-corrected chi connectivity index (χ3v) is 3.91. The van der Waals surface area contributed by atoms with Crippen molar-refractivity contribution < 1.29 is 18.5 Å². The molecule has 1 aliphatic rings. The van der Waals surface area contributed by atoms with Crippen LogP contribution in [0.5, 0.6) is 0 Å². The lowest BCUT2D eigenvalue weighted by molar-refractivity contribution is -0.386. The minimum Gasteiger partial charge on any atom is -0.300 e. The summed E-state index contributed by atoms with van der Waals surface area (Å²) in [6, 6.07) is -0.112. The summed E-state index contributed by atoms with van der Waals surface area (Å²) in [5.74, 6) is 0.465. The molecular formula is C13H17F2N3O3. The molecule has 0 aromatic carbocycles. The number of carbonyl (C=O) groups excluding carboxylic acids is 1. The van der Waals surface area contributed by atoms with Gasteiger partial charge in [0.25, 0.3) is 6.43 Å². The van der Waals surface area contributed by atoms with Gasteiger partial charge >= 0.3 is 5.69 Å². The van der Waals surface area contributed by atoms with Crippen LogP contribution in [0.25, 0.3) is 0 Å². The molecule has 1 aromatic rings. The molecule has 0 unspecified atom stereocenters. The summed E-state index contributed by atoms with van der Waals surface area (Å²) >= 11 is 0. The maximum Gasteiger partial charge on any atom is 0.316 e. The average Bonchev–Trinajstić information content (AvgIpc) is 2.84. The fourth-order valence-electron chi connectivity index (χ4n) is 2.90. The Morgan fingerprint density at radius 2 is 2.10 bits per heavy atom. The van der Waals surface area contributed by atoms with E-state index in [9.17, 15) is 23.7 Å². The first-order valence-electron chi connectivity index (χ1n) is 6.89. The lowest BCUT2D eigenvalue weighted by atomic mass is 9.83. The fourth-order valence-corrected chi connectivity index (χ4v) is 2.90. The SMILES string of the molecule is CC(=O)CC1CCC(n2cc([N+](=O)[O-])c(C(F)F)n2)CC1. The number of nitrogens with zero attached hydrogens (tertiary/aromatic N) is 3. The number of hydrogen-bond acceptors (Lipinski definition) is 4. The van der Waals surface area contributed by atoms with E-state index in [1.54, 1.807) is 6.92 Å². The van der Waals surface area contributed by atoms with Crippen molar-refractivity contribution in [3.8, 4) is 0 Å². The third kappa shape index (κ3) is 3.62. The van der Waals surface area contributed by atoms with Gasteiger partial charge in [0, 0.05) is 6.42 Å². The molecule has 21 heavy (non-hydrogen) atoms. The zero-order valence-electron chi connectivity index (χ0n) is 11.7. The molecule has 0 amide bonds. The van der Waals surface area contributed by atoms with Gasteiger partial charge in [-0.05, 0) is 38.5 Å². The Kier molecular flexibility index (Phi) is 4.64. The van der Waals surface area contributed by atoms with Crippen LogP contribution >= 0.6 is 0 Å². The van der Waals surface area contributed by atoms with Gasteiger partial charge in [0.05, 0.1) is 11.0 Å². The molecule has 2 rings (SSSR count). The summed E-state index contributed by atoms with van der Waals surface area (Å²) in [6.45, 7) is 1.55. The first-order chi connectivity index (χ1) is 9.88. The Morgan fingerprint density at radius 1 is 1.48 bits per heavy atom. The molecule has 116 valence electrons. The van der Waals surface area contributed by atoms with Crippen molar-refractivity contribution >= 4 is 11.5 Å². The van der Waals surface area contributed by atoms with Gasteiger partial charge < -0.3 is 4.79 Å². The van der Waals surface area contributed by atoms with Crippen LogP contribution in [0.3, 0.4) is 0 Å². The van der Waals surface area contributed by atoms with Gasteiger partial charge in [-0.25, -0.2) is 8.78 Å². The monoisotopic (exact) mass is 301 g/mol. The van der Waals surface area contributed by atoms with E-state index < -0.39 is 22.7 Å². The molecule has 1 aromatic heterocycles. The molecule has 6 nitrogen and oxygen atoms in total. The highest BCUT2D eigenvalue weighted by Crippen LogP contribution is 2.36. The van der Waals surface area contributed by atoms with Gasteiger partial charge in [-0.2, -0.15) is 5.10 Å². The van der Waals surface area contributed by atoms with Crippen LogP contribution in [-0.2, 0) is 4.79 Å². The molecule has 1 heterocycles. The Morgan fingerprint density at radius 3 is 2.52 bits per heavy atom. The molecule has 0 aliphatic heterocycles. The van der Waals surface area contributed by atoms with Gasteiger partial charge in [-0.1, -0.05) is 0 Å². The van der Waals surface area contributed by atoms with Crippen LogP contribution in [0.2, 0.25) is 0 Å². The van der Waals surface area contributed by atoms with Crippen LogP contribution in [0, 0.1) is 16.0 Å². The van der Waals surface area contributed by atoms with Crippen molar-refractivity contribution in [3.63, 3.8) is 0 Å². The molecule has 0 bridgehead atoms. The standard InChI is InChI=1S/C13H17F2N3O3/c1-8(19)6-9-2-4-10(5-3-9)17-7-11(18(20)21)12(16-17)13(14)15/h7,9-10,13H,2-6H2,1H3. The van der Waals surface area contributed by atoms with Gasteiger partial charge in [0.15, 0.2) is 0 Å². The van der Waals surface area contributed by atoms with Crippen LogP contribution < -0.4 is 0 Å². The largest absolute Gasteiger partial charge is 0.316 e. The summed E-state index contributed by atoms with van der Waals surface area (Å²) in [5, 5.41) is 14.5. The maximum atomic E-state index is 12.8. The average molecular weight is 301 g/mol. The van der Waals surface area contributed by atoms with Crippen molar-refractivity contribution in [2.75, 3.05) is 0 Å². The molecule has 1 fully saturated rings. The predicted molar refractivity (Wildman–Crippen MR) is 70.1 cm³/mol. The Balaban J connectivity index is 2.08. The normalized spacial score (nSPS) is 22.5. The highest BCUT2D eigenvalue weighted by atomic mass is 19.3. The first-order valence-corrected chi connectivity index (χ1v) is 6.89. The van der Waals surface area contributed by atoms with Gasteiger partial charge in [-0.3, -0.25) is 14.8 Å². The zero-order chi connectivity index (χ0) is 15.6. The van der Waals surface area contributed by atoms with Crippen molar-refractivity contribution in [2.45, 2.75) is 51.5 Å². The van der Waals surface area contributed by atoms with Crippen molar-refractivity contribution in [1.82, 2.24) is 9.78 Å². The number of rotatable bonds is 5. The summed E-state index contributed by atoms with van der Waals surface area (Å²) in [5.41, 5.74) is -1.40. The second-order valence-corrected chi connectivity index (χ2v) is 5.52. The minimum atomic E-state index is -2.96. The molecular weight excluding hydrogens is 284 g/mol. The van der Waals surface area contributed by atoms with E-state index >= 15 is 0 Å². The summed E-state index contributed by atoms with van der Waals surface area (Å²) in [6.07, 6.45) is 1.68. The second-order valence-electron chi connectivity index (χ2n) is 5.52. The number of hydrogen-bond donors (Lipinski definition) is 0. The number of aromatic nitrogens is 2. The topological polar surface area (TPSA) is 78.0 Å².